The van der Waals surface area contributed by atoms with Gasteiger partial charge in [0, 0.05) is 33.2 Å². The maximum atomic E-state index is 12.6. The lowest BCUT2D eigenvalue weighted by molar-refractivity contribution is 0.0468. The monoisotopic (exact) mass is 436 g/mol. The van der Waals surface area contributed by atoms with Crippen molar-refractivity contribution in [2.45, 2.75) is 68.9 Å². The molecule has 1 aliphatic carbocycles. The number of guanidine groups is 1. The van der Waals surface area contributed by atoms with Crippen LogP contribution in [0.1, 0.15) is 56.9 Å². The Morgan fingerprint density at radius 2 is 1.70 bits per heavy atom. The van der Waals surface area contributed by atoms with Crippen LogP contribution in [0.5, 0.6) is 0 Å². The molecule has 0 spiro atoms. The van der Waals surface area contributed by atoms with Crippen LogP contribution in [0.2, 0.25) is 0 Å². The third kappa shape index (κ3) is 6.68. The van der Waals surface area contributed by atoms with E-state index in [-0.39, 0.29) is 0 Å². The largest absolute Gasteiger partial charge is 0.376 e. The molecule has 168 valence electrons. The lowest BCUT2D eigenvalue weighted by atomic mass is 10.1. The zero-order chi connectivity index (χ0) is 21.2. The Labute approximate surface area is 181 Å². The van der Waals surface area contributed by atoms with Crippen LogP contribution in [0.3, 0.4) is 0 Å². The highest BCUT2D eigenvalue weighted by atomic mass is 32.2. The van der Waals surface area contributed by atoms with Gasteiger partial charge in [0.2, 0.25) is 10.0 Å². The van der Waals surface area contributed by atoms with E-state index in [9.17, 15) is 8.42 Å². The van der Waals surface area contributed by atoms with Gasteiger partial charge in [-0.05, 0) is 43.4 Å². The molecule has 2 fully saturated rings. The van der Waals surface area contributed by atoms with Crippen molar-refractivity contribution in [1.29, 1.82) is 0 Å². The van der Waals surface area contributed by atoms with Gasteiger partial charge in [-0.25, -0.2) is 8.42 Å². The van der Waals surface area contributed by atoms with Gasteiger partial charge in [-0.2, -0.15) is 4.31 Å². The molecule has 2 N–H and O–H groups in total. The standard InChI is InChI=1S/C22H36N4O3S/c1-23-22(24-14-17-29-20-8-4-2-3-5-9-20)25-18-19-10-12-21(13-11-19)30(27,28)26-15-6-7-16-26/h10-13,20H,2-9,14-18H2,1H3,(H2,23,24,25). The summed E-state index contributed by atoms with van der Waals surface area (Å²) in [5.74, 6) is 0.716. The molecule has 0 radical (unpaired) electrons. The van der Waals surface area contributed by atoms with E-state index in [0.717, 1.165) is 18.4 Å². The molecule has 0 aromatic heterocycles. The van der Waals surface area contributed by atoms with E-state index >= 15 is 0 Å². The Balaban J connectivity index is 1.40. The van der Waals surface area contributed by atoms with Gasteiger partial charge in [-0.1, -0.05) is 37.8 Å². The first kappa shape index (κ1) is 23.0. The molecular weight excluding hydrogens is 400 g/mol. The minimum Gasteiger partial charge on any atom is -0.376 e. The van der Waals surface area contributed by atoms with Gasteiger partial charge in [-0.15, -0.1) is 0 Å². The number of nitrogens with one attached hydrogen (secondary N) is 2. The molecule has 8 heteroatoms. The smallest absolute Gasteiger partial charge is 0.243 e. The molecule has 0 unspecified atom stereocenters. The second kappa shape index (κ2) is 11.7. The van der Waals surface area contributed by atoms with Gasteiger partial charge in [0.05, 0.1) is 17.6 Å². The first-order valence-electron chi connectivity index (χ1n) is 11.2. The van der Waals surface area contributed by atoms with Crippen LogP contribution in [-0.4, -0.2) is 58.1 Å². The first-order valence-corrected chi connectivity index (χ1v) is 12.7. The van der Waals surface area contributed by atoms with Gasteiger partial charge in [0.25, 0.3) is 0 Å². The van der Waals surface area contributed by atoms with E-state index in [1.54, 1.807) is 23.5 Å². The van der Waals surface area contributed by atoms with Gasteiger partial charge in [0.1, 0.15) is 0 Å². The van der Waals surface area contributed by atoms with Crippen LogP contribution in [0.4, 0.5) is 0 Å². The molecule has 0 amide bonds. The minimum atomic E-state index is -3.36. The second-order valence-corrected chi connectivity index (χ2v) is 10.0. The molecule has 1 saturated heterocycles. The summed E-state index contributed by atoms with van der Waals surface area (Å²) in [5, 5.41) is 6.55. The van der Waals surface area contributed by atoms with Crippen molar-refractivity contribution in [2.24, 2.45) is 4.99 Å². The van der Waals surface area contributed by atoms with Crippen LogP contribution in [0.15, 0.2) is 34.2 Å². The number of sulfonamides is 1. The Hall–Kier alpha value is -1.64. The van der Waals surface area contributed by atoms with Crippen molar-refractivity contribution in [3.63, 3.8) is 0 Å². The molecule has 1 aliphatic heterocycles. The number of benzene rings is 1. The highest BCUT2D eigenvalue weighted by Gasteiger charge is 2.26. The number of hydrogen-bond acceptors (Lipinski definition) is 4. The summed E-state index contributed by atoms with van der Waals surface area (Å²) in [5.41, 5.74) is 1.01. The summed E-state index contributed by atoms with van der Waals surface area (Å²) in [7, 11) is -1.61. The van der Waals surface area contributed by atoms with Crippen molar-refractivity contribution in [2.75, 3.05) is 33.3 Å². The van der Waals surface area contributed by atoms with Crippen LogP contribution < -0.4 is 10.6 Å². The fraction of sp³-hybridized carbons (Fsp3) is 0.682. The maximum Gasteiger partial charge on any atom is 0.243 e. The molecule has 1 heterocycles. The number of hydrogen-bond donors (Lipinski definition) is 2. The molecule has 3 rings (SSSR count). The van der Waals surface area contributed by atoms with E-state index in [0.29, 0.717) is 49.7 Å². The average Bonchev–Trinajstić information content (AvgIpc) is 3.19. The van der Waals surface area contributed by atoms with E-state index in [4.69, 9.17) is 4.74 Å². The van der Waals surface area contributed by atoms with Crippen molar-refractivity contribution in [3.05, 3.63) is 29.8 Å². The van der Waals surface area contributed by atoms with Crippen LogP contribution >= 0.6 is 0 Å². The maximum absolute atomic E-state index is 12.6. The Bertz CT molecular complexity index is 766. The fourth-order valence-corrected chi connectivity index (χ4v) is 5.58. The minimum absolute atomic E-state index is 0.367. The fourth-order valence-electron chi connectivity index (χ4n) is 4.07. The second-order valence-electron chi connectivity index (χ2n) is 8.09. The molecule has 2 aliphatic rings. The summed E-state index contributed by atoms with van der Waals surface area (Å²) in [6.07, 6.45) is 9.86. The third-order valence-electron chi connectivity index (χ3n) is 5.86. The average molecular weight is 437 g/mol. The lowest BCUT2D eigenvalue weighted by Gasteiger charge is -2.17. The topological polar surface area (TPSA) is 83.0 Å². The van der Waals surface area contributed by atoms with Gasteiger partial charge >= 0.3 is 0 Å². The number of rotatable bonds is 8. The quantitative estimate of drug-likeness (QED) is 0.283. The Kier molecular flexibility index (Phi) is 8.96. The van der Waals surface area contributed by atoms with Gasteiger partial charge < -0.3 is 15.4 Å². The summed E-state index contributed by atoms with van der Waals surface area (Å²) in [6.45, 7) is 3.21. The summed E-state index contributed by atoms with van der Waals surface area (Å²) in [6, 6.07) is 7.11. The van der Waals surface area contributed by atoms with Crippen LogP contribution in [-0.2, 0) is 21.3 Å². The zero-order valence-corrected chi connectivity index (χ0v) is 18.9. The molecule has 7 nitrogen and oxygen atoms in total. The third-order valence-corrected chi connectivity index (χ3v) is 7.77. The van der Waals surface area contributed by atoms with E-state index < -0.39 is 10.0 Å². The van der Waals surface area contributed by atoms with E-state index in [1.165, 1.54) is 38.5 Å². The van der Waals surface area contributed by atoms with Gasteiger partial charge in [-0.3, -0.25) is 4.99 Å². The number of nitrogens with zero attached hydrogens (tertiary/aromatic N) is 2. The zero-order valence-electron chi connectivity index (χ0n) is 18.1. The SMILES string of the molecule is CN=C(NCCOC1CCCCCC1)NCc1ccc(S(=O)(=O)N2CCCC2)cc1. The van der Waals surface area contributed by atoms with Crippen LogP contribution in [0.25, 0.3) is 0 Å². The highest BCUT2D eigenvalue weighted by Crippen LogP contribution is 2.21. The predicted octanol–water partition coefficient (Wildman–Crippen LogP) is 2.88. The predicted molar refractivity (Wildman–Crippen MR) is 120 cm³/mol. The van der Waals surface area contributed by atoms with Crippen molar-refractivity contribution >= 4 is 16.0 Å². The molecule has 1 aromatic rings. The molecule has 30 heavy (non-hydrogen) atoms. The van der Waals surface area contributed by atoms with Crippen molar-refractivity contribution in [1.82, 2.24) is 14.9 Å². The van der Waals surface area contributed by atoms with E-state index in [2.05, 4.69) is 15.6 Å². The molecular formula is C22H36N4O3S. The number of ether oxygens (including phenoxy) is 1. The van der Waals surface area contributed by atoms with E-state index in [1.807, 2.05) is 12.1 Å². The molecule has 0 atom stereocenters. The molecule has 1 aromatic carbocycles. The van der Waals surface area contributed by atoms with Gasteiger partial charge in [0.15, 0.2) is 5.96 Å². The van der Waals surface area contributed by atoms with Crippen molar-refractivity contribution < 1.29 is 13.2 Å². The number of aliphatic imine (C=N–C) groups is 1. The molecule has 0 bridgehead atoms. The van der Waals surface area contributed by atoms with Crippen LogP contribution in [0, 0.1) is 0 Å². The Morgan fingerprint density at radius 3 is 2.33 bits per heavy atom. The highest BCUT2D eigenvalue weighted by molar-refractivity contribution is 7.89. The molecule has 1 saturated carbocycles. The summed E-state index contributed by atoms with van der Waals surface area (Å²) >= 11 is 0. The normalized spacial score (nSPS) is 19.6. The first-order chi connectivity index (χ1) is 14.6. The lowest BCUT2D eigenvalue weighted by Crippen LogP contribution is -2.38. The Morgan fingerprint density at radius 1 is 1.03 bits per heavy atom. The van der Waals surface area contributed by atoms with Crippen molar-refractivity contribution in [3.8, 4) is 0 Å². The summed E-state index contributed by atoms with van der Waals surface area (Å²) < 4.78 is 32.8. The summed E-state index contributed by atoms with van der Waals surface area (Å²) in [4.78, 5) is 4.61.